The van der Waals surface area contributed by atoms with E-state index in [9.17, 15) is 0 Å². The van der Waals surface area contributed by atoms with Crippen molar-refractivity contribution in [2.75, 3.05) is 0 Å². The second-order valence-corrected chi connectivity index (χ2v) is 5.96. The Morgan fingerprint density at radius 1 is 1.12 bits per heavy atom. The van der Waals surface area contributed by atoms with Crippen LogP contribution in [0.1, 0.15) is 5.56 Å². The van der Waals surface area contributed by atoms with Crippen LogP contribution in [0.4, 0.5) is 0 Å². The molecule has 0 saturated heterocycles. The fraction of sp³-hybridized carbons (Fsp3) is 0.0769. The summed E-state index contributed by atoms with van der Waals surface area (Å²) in [6.45, 7) is 2.13. The number of aryl methyl sites for hydroxylation is 1. The lowest BCUT2D eigenvalue weighted by Crippen LogP contribution is -1.81. The summed E-state index contributed by atoms with van der Waals surface area (Å²) in [7, 11) is 0. The molecule has 0 amide bonds. The highest BCUT2D eigenvalue weighted by Gasteiger charge is 2.12. The topological polar surface area (TPSA) is 0 Å². The number of benzene rings is 1. The second kappa shape index (κ2) is 3.88. The first kappa shape index (κ1) is 10.3. The number of rotatable bonds is 1. The molecule has 1 aromatic carbocycles. The van der Waals surface area contributed by atoms with Crippen molar-refractivity contribution in [1.82, 2.24) is 0 Å². The molecule has 0 spiro atoms. The van der Waals surface area contributed by atoms with Gasteiger partial charge in [-0.05, 0) is 41.4 Å². The maximum atomic E-state index is 6.25. The van der Waals surface area contributed by atoms with Gasteiger partial charge in [-0.25, -0.2) is 0 Å². The van der Waals surface area contributed by atoms with Gasteiger partial charge in [0.2, 0.25) is 0 Å². The summed E-state index contributed by atoms with van der Waals surface area (Å²) in [6, 6.07) is 8.41. The first-order valence-corrected chi connectivity index (χ1v) is 7.11. The minimum Gasteiger partial charge on any atom is -0.144 e. The molecule has 3 heteroatoms. The van der Waals surface area contributed by atoms with E-state index in [4.69, 9.17) is 11.6 Å². The zero-order chi connectivity index (χ0) is 11.1. The number of hydrogen-bond donors (Lipinski definition) is 0. The Morgan fingerprint density at radius 2 is 2.00 bits per heavy atom. The Balaban J connectivity index is 2.43. The smallest absolute Gasteiger partial charge is 0.0495 e. The van der Waals surface area contributed by atoms with E-state index in [1.54, 1.807) is 22.7 Å². The SMILES string of the molecule is Cc1cc(Cl)c2ccsc2c1-c1cccs1. The lowest BCUT2D eigenvalue weighted by molar-refractivity contribution is 1.52. The highest BCUT2D eigenvalue weighted by molar-refractivity contribution is 7.19. The monoisotopic (exact) mass is 264 g/mol. The molecular weight excluding hydrogens is 256 g/mol. The number of thiophene rings is 2. The van der Waals surface area contributed by atoms with E-state index < -0.39 is 0 Å². The fourth-order valence-corrected chi connectivity index (χ4v) is 4.25. The van der Waals surface area contributed by atoms with Gasteiger partial charge < -0.3 is 0 Å². The quantitative estimate of drug-likeness (QED) is 0.537. The molecule has 0 N–H and O–H groups in total. The Bertz CT molecular complexity index is 635. The van der Waals surface area contributed by atoms with Gasteiger partial charge in [-0.2, -0.15) is 0 Å². The van der Waals surface area contributed by atoms with E-state index in [0.717, 1.165) is 5.02 Å². The molecule has 0 fully saturated rings. The Labute approximate surface area is 107 Å². The highest BCUT2D eigenvalue weighted by Crippen LogP contribution is 2.40. The lowest BCUT2D eigenvalue weighted by Gasteiger charge is -2.06. The molecule has 0 aliphatic rings. The van der Waals surface area contributed by atoms with Crippen LogP contribution in [0.2, 0.25) is 5.02 Å². The maximum Gasteiger partial charge on any atom is 0.0495 e. The summed E-state index contributed by atoms with van der Waals surface area (Å²) in [5, 5.41) is 6.24. The van der Waals surface area contributed by atoms with Gasteiger partial charge in [-0.3, -0.25) is 0 Å². The van der Waals surface area contributed by atoms with Crippen molar-refractivity contribution in [3.63, 3.8) is 0 Å². The van der Waals surface area contributed by atoms with Crippen LogP contribution < -0.4 is 0 Å². The molecule has 80 valence electrons. The van der Waals surface area contributed by atoms with Crippen molar-refractivity contribution >= 4 is 44.4 Å². The van der Waals surface area contributed by atoms with Gasteiger partial charge in [0.25, 0.3) is 0 Å². The van der Waals surface area contributed by atoms with Crippen molar-refractivity contribution in [2.24, 2.45) is 0 Å². The molecular formula is C13H9ClS2. The van der Waals surface area contributed by atoms with Gasteiger partial charge in [0.15, 0.2) is 0 Å². The molecule has 3 aromatic rings. The summed E-state index contributed by atoms with van der Waals surface area (Å²) >= 11 is 9.79. The summed E-state index contributed by atoms with van der Waals surface area (Å²) < 4.78 is 1.30. The van der Waals surface area contributed by atoms with E-state index in [2.05, 4.69) is 41.9 Å². The third kappa shape index (κ3) is 1.49. The minimum atomic E-state index is 0.856. The first-order chi connectivity index (χ1) is 7.77. The van der Waals surface area contributed by atoms with Crippen molar-refractivity contribution < 1.29 is 0 Å². The van der Waals surface area contributed by atoms with Gasteiger partial charge in [0.05, 0.1) is 0 Å². The van der Waals surface area contributed by atoms with Gasteiger partial charge in [0.1, 0.15) is 0 Å². The van der Waals surface area contributed by atoms with Gasteiger partial charge >= 0.3 is 0 Å². The normalized spacial score (nSPS) is 11.1. The largest absolute Gasteiger partial charge is 0.144 e. The average Bonchev–Trinajstić information content (AvgIpc) is 2.86. The van der Waals surface area contributed by atoms with E-state index in [1.165, 1.54) is 26.1 Å². The summed E-state index contributed by atoms with van der Waals surface area (Å²) in [6.07, 6.45) is 0. The zero-order valence-corrected chi connectivity index (χ0v) is 11.0. The Kier molecular flexibility index (Phi) is 2.51. The van der Waals surface area contributed by atoms with Crippen molar-refractivity contribution in [2.45, 2.75) is 6.92 Å². The molecule has 16 heavy (non-hydrogen) atoms. The van der Waals surface area contributed by atoms with Crippen LogP contribution in [0.15, 0.2) is 35.0 Å². The summed E-state index contributed by atoms with van der Waals surface area (Å²) in [5.74, 6) is 0. The molecule has 0 aliphatic carbocycles. The summed E-state index contributed by atoms with van der Waals surface area (Å²) in [5.41, 5.74) is 2.59. The Morgan fingerprint density at radius 3 is 2.75 bits per heavy atom. The Hall–Kier alpha value is -0.830. The first-order valence-electron chi connectivity index (χ1n) is 4.97. The maximum absolute atomic E-state index is 6.25. The van der Waals surface area contributed by atoms with Crippen LogP contribution in [0.25, 0.3) is 20.5 Å². The standard InChI is InChI=1S/C13H9ClS2/c1-8-7-10(14)9-4-6-16-13(9)12(8)11-3-2-5-15-11/h2-7H,1H3. The zero-order valence-electron chi connectivity index (χ0n) is 8.66. The fourth-order valence-electron chi connectivity index (χ4n) is 1.94. The molecule has 0 atom stereocenters. The molecule has 0 unspecified atom stereocenters. The molecule has 0 bridgehead atoms. The highest BCUT2D eigenvalue weighted by atomic mass is 35.5. The van der Waals surface area contributed by atoms with Crippen LogP contribution in [-0.2, 0) is 0 Å². The molecule has 3 rings (SSSR count). The number of fused-ring (bicyclic) bond motifs is 1. The molecule has 0 saturated carbocycles. The predicted molar refractivity (Wildman–Crippen MR) is 74.9 cm³/mol. The van der Waals surface area contributed by atoms with E-state index >= 15 is 0 Å². The van der Waals surface area contributed by atoms with E-state index in [0.29, 0.717) is 0 Å². The molecule has 0 nitrogen and oxygen atoms in total. The minimum absolute atomic E-state index is 0.856. The van der Waals surface area contributed by atoms with Crippen LogP contribution >= 0.6 is 34.3 Å². The van der Waals surface area contributed by atoms with Gasteiger partial charge in [-0.1, -0.05) is 17.7 Å². The van der Waals surface area contributed by atoms with Crippen molar-refractivity contribution in [3.8, 4) is 10.4 Å². The van der Waals surface area contributed by atoms with Crippen molar-refractivity contribution in [3.05, 3.63) is 45.6 Å². The average molecular weight is 265 g/mol. The lowest BCUT2D eigenvalue weighted by atomic mass is 10.1. The third-order valence-corrected chi connectivity index (χ3v) is 4.79. The van der Waals surface area contributed by atoms with Crippen LogP contribution in [0, 0.1) is 6.92 Å². The van der Waals surface area contributed by atoms with E-state index in [-0.39, 0.29) is 0 Å². The van der Waals surface area contributed by atoms with E-state index in [1.807, 2.05) is 0 Å². The molecule has 2 aromatic heterocycles. The number of hydrogen-bond acceptors (Lipinski definition) is 2. The molecule has 0 radical (unpaired) electrons. The van der Waals surface area contributed by atoms with Crippen LogP contribution in [-0.4, -0.2) is 0 Å². The van der Waals surface area contributed by atoms with Crippen LogP contribution in [0.5, 0.6) is 0 Å². The molecule has 2 heterocycles. The summed E-state index contributed by atoms with van der Waals surface area (Å²) in [4.78, 5) is 1.32. The predicted octanol–water partition coefficient (Wildman–Crippen LogP) is 5.59. The van der Waals surface area contributed by atoms with Crippen molar-refractivity contribution in [1.29, 1.82) is 0 Å². The third-order valence-electron chi connectivity index (χ3n) is 2.65. The van der Waals surface area contributed by atoms with Crippen LogP contribution in [0.3, 0.4) is 0 Å². The number of halogens is 1. The molecule has 0 aliphatic heterocycles. The van der Waals surface area contributed by atoms with Gasteiger partial charge in [0, 0.05) is 25.5 Å². The van der Waals surface area contributed by atoms with Gasteiger partial charge in [-0.15, -0.1) is 22.7 Å². The second-order valence-electron chi connectivity index (χ2n) is 3.69.